The summed E-state index contributed by atoms with van der Waals surface area (Å²) in [5.41, 5.74) is -1.12. The van der Waals surface area contributed by atoms with Crippen molar-refractivity contribution in [3.63, 3.8) is 0 Å². The molecule has 7 heteroatoms. The largest absolute Gasteiger partial charge is 0.460 e. The first-order valence-corrected chi connectivity index (χ1v) is 11.8. The molecule has 2 unspecified atom stereocenters. The van der Waals surface area contributed by atoms with Gasteiger partial charge in [0.05, 0.1) is 23.7 Å². The Morgan fingerprint density at radius 3 is 2.28 bits per heavy atom. The Balaban J connectivity index is 1.76. The van der Waals surface area contributed by atoms with Crippen LogP contribution in [0.5, 0.6) is 0 Å². The monoisotopic (exact) mass is 455 g/mol. The zero-order valence-corrected chi connectivity index (χ0v) is 19.5. The maximum Gasteiger partial charge on any atom is 0.416 e. The highest BCUT2D eigenvalue weighted by atomic mass is 19.4. The number of nitrogens with zero attached hydrogens (tertiary/aromatic N) is 1. The standard InChI is InChI=1S/C25H36F3NO3/c1-23(2,3)32-22(30)19-7-6-13-24(14-12-19,31-18-17-29-15-4-5-16-29)20-8-10-21(11-9-20)25(26,27)28/h8-11,19H,4-7,12-18H2,1-3H3. The second kappa shape index (κ2) is 10.1. The second-order valence-electron chi connectivity index (χ2n) is 10.1. The van der Waals surface area contributed by atoms with E-state index >= 15 is 0 Å². The van der Waals surface area contributed by atoms with Gasteiger partial charge in [0.15, 0.2) is 0 Å². The van der Waals surface area contributed by atoms with E-state index in [2.05, 4.69) is 4.90 Å². The summed E-state index contributed by atoms with van der Waals surface area (Å²) in [5, 5.41) is 0. The van der Waals surface area contributed by atoms with E-state index in [0.29, 0.717) is 32.3 Å². The van der Waals surface area contributed by atoms with Crippen LogP contribution in [0, 0.1) is 5.92 Å². The van der Waals surface area contributed by atoms with Crippen LogP contribution in [-0.2, 0) is 26.0 Å². The molecule has 1 saturated heterocycles. The Kier molecular flexibility index (Phi) is 7.92. The number of rotatable bonds is 6. The van der Waals surface area contributed by atoms with Gasteiger partial charge in [0, 0.05) is 6.54 Å². The maximum absolute atomic E-state index is 13.1. The van der Waals surface area contributed by atoms with E-state index in [1.54, 1.807) is 12.1 Å². The van der Waals surface area contributed by atoms with Crippen LogP contribution in [0.3, 0.4) is 0 Å². The van der Waals surface area contributed by atoms with Gasteiger partial charge in [-0.05, 0) is 96.5 Å². The summed E-state index contributed by atoms with van der Waals surface area (Å²) in [7, 11) is 0. The summed E-state index contributed by atoms with van der Waals surface area (Å²) < 4.78 is 51.3. The number of hydrogen-bond acceptors (Lipinski definition) is 4. The van der Waals surface area contributed by atoms with E-state index in [-0.39, 0.29) is 11.9 Å². The summed E-state index contributed by atoms with van der Waals surface area (Å²) in [6, 6.07) is 5.37. The SMILES string of the molecule is CC(C)(C)OC(=O)C1CCCC(OCCN2CCCC2)(c2ccc(C(F)(F)F)cc2)CC1. The normalized spacial score (nSPS) is 25.5. The van der Waals surface area contributed by atoms with Crippen molar-refractivity contribution >= 4 is 5.97 Å². The molecule has 0 bridgehead atoms. The van der Waals surface area contributed by atoms with Gasteiger partial charge in [-0.1, -0.05) is 12.1 Å². The molecule has 1 aromatic carbocycles. The molecule has 0 radical (unpaired) electrons. The zero-order valence-electron chi connectivity index (χ0n) is 19.5. The number of halogens is 3. The highest BCUT2D eigenvalue weighted by Crippen LogP contribution is 2.42. The summed E-state index contributed by atoms with van der Waals surface area (Å²) in [6.07, 6.45) is 1.35. The third kappa shape index (κ3) is 6.70. The Morgan fingerprint density at radius 2 is 1.69 bits per heavy atom. The molecule has 0 N–H and O–H groups in total. The molecular weight excluding hydrogens is 419 g/mol. The van der Waals surface area contributed by atoms with E-state index in [9.17, 15) is 18.0 Å². The van der Waals surface area contributed by atoms with Crippen LogP contribution in [-0.4, -0.2) is 42.7 Å². The maximum atomic E-state index is 13.1. The first-order valence-electron chi connectivity index (χ1n) is 11.8. The lowest BCUT2D eigenvalue weighted by Gasteiger charge is -2.35. The molecule has 1 aromatic rings. The van der Waals surface area contributed by atoms with Crippen LogP contribution in [0.2, 0.25) is 0 Å². The highest BCUT2D eigenvalue weighted by Gasteiger charge is 2.39. The number of esters is 1. The van der Waals surface area contributed by atoms with Crippen molar-refractivity contribution in [2.24, 2.45) is 5.92 Å². The van der Waals surface area contributed by atoms with Gasteiger partial charge in [-0.15, -0.1) is 0 Å². The molecule has 0 aromatic heterocycles. The van der Waals surface area contributed by atoms with E-state index in [1.807, 2.05) is 20.8 Å². The third-order valence-electron chi connectivity index (χ3n) is 6.49. The molecule has 3 rings (SSSR count). The molecule has 1 aliphatic carbocycles. The van der Waals surface area contributed by atoms with Crippen molar-refractivity contribution in [2.45, 2.75) is 83.1 Å². The molecule has 180 valence electrons. The minimum absolute atomic E-state index is 0.196. The van der Waals surface area contributed by atoms with Gasteiger partial charge in [-0.2, -0.15) is 13.2 Å². The van der Waals surface area contributed by atoms with E-state index in [4.69, 9.17) is 9.47 Å². The Bertz CT molecular complexity index is 751. The van der Waals surface area contributed by atoms with Gasteiger partial charge in [0.2, 0.25) is 0 Å². The van der Waals surface area contributed by atoms with Crippen LogP contribution in [0.25, 0.3) is 0 Å². The molecule has 32 heavy (non-hydrogen) atoms. The summed E-state index contributed by atoms with van der Waals surface area (Å²) in [6.45, 7) is 9.05. The van der Waals surface area contributed by atoms with E-state index < -0.39 is 22.9 Å². The summed E-state index contributed by atoms with van der Waals surface area (Å²) in [5.74, 6) is -0.412. The molecule has 0 amide bonds. The molecule has 1 aliphatic heterocycles. The molecule has 2 atom stereocenters. The van der Waals surface area contributed by atoms with Crippen molar-refractivity contribution in [1.29, 1.82) is 0 Å². The van der Waals surface area contributed by atoms with Gasteiger partial charge in [-0.3, -0.25) is 4.79 Å². The smallest absolute Gasteiger partial charge is 0.416 e. The van der Waals surface area contributed by atoms with Crippen LogP contribution >= 0.6 is 0 Å². The molecule has 2 aliphatic rings. The van der Waals surface area contributed by atoms with E-state index in [0.717, 1.165) is 43.8 Å². The minimum Gasteiger partial charge on any atom is -0.460 e. The lowest BCUT2D eigenvalue weighted by molar-refractivity contribution is -0.160. The third-order valence-corrected chi connectivity index (χ3v) is 6.49. The summed E-state index contributed by atoms with van der Waals surface area (Å²) >= 11 is 0. The number of carbonyl (C=O) groups excluding carboxylic acids is 1. The lowest BCUT2D eigenvalue weighted by Crippen LogP contribution is -2.34. The second-order valence-corrected chi connectivity index (χ2v) is 10.1. The minimum atomic E-state index is -4.37. The Hall–Kier alpha value is -1.60. The lowest BCUT2D eigenvalue weighted by atomic mass is 9.85. The number of benzene rings is 1. The molecule has 0 spiro atoms. The van der Waals surface area contributed by atoms with Crippen LogP contribution < -0.4 is 0 Å². The van der Waals surface area contributed by atoms with Gasteiger partial charge in [0.25, 0.3) is 0 Å². The number of alkyl halides is 3. The average Bonchev–Trinajstić information content (AvgIpc) is 3.11. The zero-order chi connectivity index (χ0) is 23.4. The van der Waals surface area contributed by atoms with Gasteiger partial charge in [-0.25, -0.2) is 0 Å². The highest BCUT2D eigenvalue weighted by molar-refractivity contribution is 5.72. The predicted molar refractivity (Wildman–Crippen MR) is 117 cm³/mol. The number of ether oxygens (including phenoxy) is 2. The number of hydrogen-bond donors (Lipinski definition) is 0. The van der Waals surface area contributed by atoms with Crippen molar-refractivity contribution in [3.8, 4) is 0 Å². The van der Waals surface area contributed by atoms with Crippen molar-refractivity contribution in [2.75, 3.05) is 26.2 Å². The topological polar surface area (TPSA) is 38.8 Å². The molecule has 4 nitrogen and oxygen atoms in total. The fourth-order valence-electron chi connectivity index (χ4n) is 4.79. The molecular formula is C25H36F3NO3. The number of likely N-dealkylation sites (tertiary alicyclic amines) is 1. The first-order chi connectivity index (χ1) is 15.0. The number of carbonyl (C=O) groups is 1. The van der Waals surface area contributed by atoms with Gasteiger partial charge < -0.3 is 14.4 Å². The van der Waals surface area contributed by atoms with Crippen molar-refractivity contribution in [1.82, 2.24) is 4.90 Å². The summed E-state index contributed by atoms with van der Waals surface area (Å²) in [4.78, 5) is 15.0. The predicted octanol–water partition coefficient (Wildman–Crippen LogP) is 5.94. The van der Waals surface area contributed by atoms with Gasteiger partial charge >= 0.3 is 12.1 Å². The van der Waals surface area contributed by atoms with E-state index in [1.165, 1.54) is 12.8 Å². The van der Waals surface area contributed by atoms with Crippen LogP contribution in [0.4, 0.5) is 13.2 Å². The van der Waals surface area contributed by atoms with Gasteiger partial charge in [0.1, 0.15) is 5.60 Å². The first kappa shape index (κ1) is 25.0. The Morgan fingerprint density at radius 1 is 1.03 bits per heavy atom. The van der Waals surface area contributed by atoms with Crippen molar-refractivity contribution < 1.29 is 27.4 Å². The van der Waals surface area contributed by atoms with Crippen LogP contribution in [0.1, 0.15) is 76.8 Å². The Labute approximate surface area is 189 Å². The average molecular weight is 456 g/mol. The fourth-order valence-corrected chi connectivity index (χ4v) is 4.79. The van der Waals surface area contributed by atoms with Crippen LogP contribution in [0.15, 0.2) is 24.3 Å². The molecule has 1 saturated carbocycles. The fraction of sp³-hybridized carbons (Fsp3) is 0.720. The van der Waals surface area contributed by atoms with Crippen molar-refractivity contribution in [3.05, 3.63) is 35.4 Å². The molecule has 1 heterocycles. The molecule has 2 fully saturated rings. The quantitative estimate of drug-likeness (QED) is 0.393.